The minimum Gasteiger partial charge on any atom is -0.479 e. The molecular formula is C21H24N2O3. The Morgan fingerprint density at radius 3 is 2.62 bits per heavy atom. The number of hydrogen-bond donors (Lipinski definition) is 1. The maximum atomic E-state index is 12.5. The minimum atomic E-state index is -0.493. The number of nitrogens with zero attached hydrogens (tertiary/aromatic N) is 1. The standard InChI is InChI=1S/C21H24N2O3/c1-4-5-12-23-18-13-17(10-11-19(18)26-15(3)21(23)25)22-20(24)16-8-6-14(2)7-9-16/h6-11,13,15H,4-5,12H2,1-3H3,(H,22,24). The smallest absolute Gasteiger partial charge is 0.267 e. The molecule has 2 aromatic rings. The van der Waals surface area contributed by atoms with Crippen molar-refractivity contribution >= 4 is 23.2 Å². The van der Waals surface area contributed by atoms with E-state index in [9.17, 15) is 9.59 Å². The molecule has 0 saturated carbocycles. The van der Waals surface area contributed by atoms with Crippen LogP contribution in [0.3, 0.4) is 0 Å². The van der Waals surface area contributed by atoms with Crippen LogP contribution < -0.4 is 15.0 Å². The third kappa shape index (κ3) is 3.72. The highest BCUT2D eigenvalue weighted by molar-refractivity contribution is 6.05. The normalized spacial score (nSPS) is 16.0. The van der Waals surface area contributed by atoms with Crippen LogP contribution in [0.4, 0.5) is 11.4 Å². The summed E-state index contributed by atoms with van der Waals surface area (Å²) >= 11 is 0. The molecular weight excluding hydrogens is 328 g/mol. The molecule has 5 heteroatoms. The summed E-state index contributed by atoms with van der Waals surface area (Å²) in [5.74, 6) is 0.441. The maximum Gasteiger partial charge on any atom is 0.267 e. The lowest BCUT2D eigenvalue weighted by Gasteiger charge is -2.33. The van der Waals surface area contributed by atoms with Gasteiger partial charge in [0, 0.05) is 17.8 Å². The molecule has 136 valence electrons. The van der Waals surface area contributed by atoms with Gasteiger partial charge in [0.25, 0.3) is 11.8 Å². The lowest BCUT2D eigenvalue weighted by molar-refractivity contribution is -0.125. The van der Waals surface area contributed by atoms with Crippen LogP contribution in [0.2, 0.25) is 0 Å². The quantitative estimate of drug-likeness (QED) is 0.879. The van der Waals surface area contributed by atoms with Crippen LogP contribution in [0.15, 0.2) is 42.5 Å². The van der Waals surface area contributed by atoms with Crippen molar-refractivity contribution in [1.82, 2.24) is 0 Å². The molecule has 5 nitrogen and oxygen atoms in total. The second kappa shape index (κ2) is 7.60. The number of carbonyl (C=O) groups is 2. The summed E-state index contributed by atoms with van der Waals surface area (Å²) in [5, 5.41) is 2.90. The van der Waals surface area contributed by atoms with E-state index in [4.69, 9.17) is 4.74 Å². The number of nitrogens with one attached hydrogen (secondary N) is 1. The molecule has 0 spiro atoms. The zero-order valence-corrected chi connectivity index (χ0v) is 15.4. The number of fused-ring (bicyclic) bond motifs is 1. The van der Waals surface area contributed by atoms with Crippen molar-refractivity contribution in [2.45, 2.75) is 39.7 Å². The van der Waals surface area contributed by atoms with Gasteiger partial charge in [-0.05, 0) is 50.6 Å². The molecule has 1 aliphatic rings. The van der Waals surface area contributed by atoms with Crippen LogP contribution in [0.1, 0.15) is 42.6 Å². The van der Waals surface area contributed by atoms with Crippen molar-refractivity contribution in [2.24, 2.45) is 0 Å². The van der Waals surface area contributed by atoms with Gasteiger partial charge in [-0.25, -0.2) is 0 Å². The maximum absolute atomic E-state index is 12.5. The first-order valence-corrected chi connectivity index (χ1v) is 8.99. The van der Waals surface area contributed by atoms with Crippen molar-refractivity contribution in [3.05, 3.63) is 53.6 Å². The zero-order chi connectivity index (χ0) is 18.7. The van der Waals surface area contributed by atoms with Crippen LogP contribution >= 0.6 is 0 Å². The van der Waals surface area contributed by atoms with Gasteiger partial charge < -0.3 is 15.0 Å². The van der Waals surface area contributed by atoms with E-state index in [1.54, 1.807) is 36.1 Å². The number of benzene rings is 2. The molecule has 1 aliphatic heterocycles. The molecule has 1 heterocycles. The molecule has 0 saturated heterocycles. The summed E-state index contributed by atoms with van der Waals surface area (Å²) in [4.78, 5) is 26.7. The van der Waals surface area contributed by atoms with Crippen molar-refractivity contribution in [3.8, 4) is 5.75 Å². The predicted octanol–water partition coefficient (Wildman–Crippen LogP) is 4.16. The fourth-order valence-electron chi connectivity index (χ4n) is 2.94. The molecule has 0 bridgehead atoms. The van der Waals surface area contributed by atoms with E-state index in [1.807, 2.05) is 25.1 Å². The van der Waals surface area contributed by atoms with E-state index in [0.717, 1.165) is 18.4 Å². The lowest BCUT2D eigenvalue weighted by Crippen LogP contribution is -2.44. The van der Waals surface area contributed by atoms with E-state index in [0.29, 0.717) is 29.2 Å². The van der Waals surface area contributed by atoms with Gasteiger partial charge in [0.05, 0.1) is 5.69 Å². The molecule has 0 aromatic heterocycles. The van der Waals surface area contributed by atoms with Crippen molar-refractivity contribution in [2.75, 3.05) is 16.8 Å². The van der Waals surface area contributed by atoms with Crippen LogP contribution in [0, 0.1) is 6.92 Å². The summed E-state index contributed by atoms with van der Waals surface area (Å²) in [6.07, 6.45) is 1.42. The number of aryl methyl sites for hydroxylation is 1. The van der Waals surface area contributed by atoms with Gasteiger partial charge in [-0.15, -0.1) is 0 Å². The third-order valence-corrected chi connectivity index (χ3v) is 4.47. The van der Waals surface area contributed by atoms with Gasteiger partial charge in [-0.1, -0.05) is 31.0 Å². The topological polar surface area (TPSA) is 58.6 Å². The number of ether oxygens (including phenoxy) is 1. The van der Waals surface area contributed by atoms with Gasteiger partial charge in [0.15, 0.2) is 6.10 Å². The van der Waals surface area contributed by atoms with E-state index in [2.05, 4.69) is 12.2 Å². The highest BCUT2D eigenvalue weighted by Gasteiger charge is 2.31. The highest BCUT2D eigenvalue weighted by atomic mass is 16.5. The number of anilines is 2. The average Bonchev–Trinajstić information content (AvgIpc) is 2.63. The summed E-state index contributed by atoms with van der Waals surface area (Å²) in [5.41, 5.74) is 3.05. The van der Waals surface area contributed by atoms with E-state index in [1.165, 1.54) is 0 Å². The van der Waals surface area contributed by atoms with Gasteiger partial charge in [-0.3, -0.25) is 9.59 Å². The molecule has 1 atom stereocenters. The number of unbranched alkanes of at least 4 members (excludes halogenated alkanes) is 1. The first kappa shape index (κ1) is 18.0. The summed E-state index contributed by atoms with van der Waals surface area (Å²) in [7, 11) is 0. The van der Waals surface area contributed by atoms with Gasteiger partial charge in [0.2, 0.25) is 0 Å². The van der Waals surface area contributed by atoms with E-state index < -0.39 is 6.10 Å². The number of hydrogen-bond acceptors (Lipinski definition) is 3. The fraction of sp³-hybridized carbons (Fsp3) is 0.333. The average molecular weight is 352 g/mol. The Balaban J connectivity index is 1.84. The Morgan fingerprint density at radius 2 is 1.92 bits per heavy atom. The molecule has 3 rings (SSSR count). The Kier molecular flexibility index (Phi) is 5.26. The second-order valence-electron chi connectivity index (χ2n) is 6.61. The second-order valence-corrected chi connectivity index (χ2v) is 6.61. The monoisotopic (exact) mass is 352 g/mol. The molecule has 1 unspecified atom stereocenters. The molecule has 0 aliphatic carbocycles. The molecule has 26 heavy (non-hydrogen) atoms. The van der Waals surface area contributed by atoms with Crippen molar-refractivity contribution in [1.29, 1.82) is 0 Å². The first-order valence-electron chi connectivity index (χ1n) is 8.99. The Bertz CT molecular complexity index is 815. The van der Waals surface area contributed by atoms with Crippen molar-refractivity contribution in [3.63, 3.8) is 0 Å². The molecule has 0 fully saturated rings. The van der Waals surface area contributed by atoms with Crippen LogP contribution in [-0.2, 0) is 4.79 Å². The summed E-state index contributed by atoms with van der Waals surface area (Å²) < 4.78 is 5.71. The van der Waals surface area contributed by atoms with Crippen molar-refractivity contribution < 1.29 is 14.3 Å². The fourth-order valence-corrected chi connectivity index (χ4v) is 2.94. The van der Waals surface area contributed by atoms with E-state index in [-0.39, 0.29) is 11.8 Å². The van der Waals surface area contributed by atoms with E-state index >= 15 is 0 Å². The van der Waals surface area contributed by atoms with Crippen LogP contribution in [-0.4, -0.2) is 24.5 Å². The SMILES string of the molecule is CCCCN1C(=O)C(C)Oc2ccc(NC(=O)c3ccc(C)cc3)cc21. The van der Waals surface area contributed by atoms with Gasteiger partial charge in [0.1, 0.15) is 5.75 Å². The summed E-state index contributed by atoms with van der Waals surface area (Å²) in [6.45, 7) is 6.48. The van der Waals surface area contributed by atoms with Crippen LogP contribution in [0.5, 0.6) is 5.75 Å². The number of rotatable bonds is 5. The highest BCUT2D eigenvalue weighted by Crippen LogP contribution is 2.36. The molecule has 0 radical (unpaired) electrons. The van der Waals surface area contributed by atoms with Crippen LogP contribution in [0.25, 0.3) is 0 Å². The lowest BCUT2D eigenvalue weighted by atomic mass is 10.1. The number of carbonyl (C=O) groups excluding carboxylic acids is 2. The Labute approximate surface area is 154 Å². The number of amides is 2. The molecule has 2 amide bonds. The zero-order valence-electron chi connectivity index (χ0n) is 15.4. The minimum absolute atomic E-state index is 0.0482. The van der Waals surface area contributed by atoms with Gasteiger partial charge in [-0.2, -0.15) is 0 Å². The molecule has 1 N–H and O–H groups in total. The van der Waals surface area contributed by atoms with Gasteiger partial charge >= 0.3 is 0 Å². The predicted molar refractivity (Wildman–Crippen MR) is 103 cm³/mol. The summed E-state index contributed by atoms with van der Waals surface area (Å²) in [6, 6.07) is 12.8. The Morgan fingerprint density at radius 1 is 1.19 bits per heavy atom. The third-order valence-electron chi connectivity index (χ3n) is 4.47. The Hall–Kier alpha value is -2.82. The largest absolute Gasteiger partial charge is 0.479 e. The molecule has 2 aromatic carbocycles. The first-order chi connectivity index (χ1) is 12.5.